The van der Waals surface area contributed by atoms with Crippen molar-refractivity contribution in [1.82, 2.24) is 4.90 Å². The maximum absolute atomic E-state index is 11.8. The van der Waals surface area contributed by atoms with E-state index in [2.05, 4.69) is 0 Å². The number of nitrogens with zero attached hydrogens (tertiary/aromatic N) is 1. The van der Waals surface area contributed by atoms with E-state index in [0.29, 0.717) is 26.0 Å². The highest BCUT2D eigenvalue weighted by atomic mass is 19.1. The number of carbonyl (C=O) groups is 1. The molecule has 0 aromatic rings. The smallest absolute Gasteiger partial charge is 0.407 e. The minimum Gasteiger partial charge on any atom is -0.465 e. The lowest BCUT2D eigenvalue weighted by atomic mass is 10.0. The largest absolute Gasteiger partial charge is 0.465 e. The fourth-order valence-electron chi connectivity index (χ4n) is 1.57. The highest BCUT2D eigenvalue weighted by Gasteiger charge is 2.29. The number of amides is 1. The Morgan fingerprint density at radius 3 is 3.00 bits per heavy atom. The Kier molecular flexibility index (Phi) is 4.77. The first-order valence-corrected chi connectivity index (χ1v) is 5.06. The van der Waals surface area contributed by atoms with Crippen LogP contribution < -0.4 is 5.73 Å². The van der Waals surface area contributed by atoms with Crippen molar-refractivity contribution in [2.45, 2.75) is 25.0 Å². The zero-order valence-corrected chi connectivity index (χ0v) is 8.56. The molecule has 0 aromatic heterocycles. The molecule has 1 saturated heterocycles. The van der Waals surface area contributed by atoms with Crippen molar-refractivity contribution < 1.29 is 19.0 Å². The fraction of sp³-hybridized carbons (Fsp3) is 0.889. The summed E-state index contributed by atoms with van der Waals surface area (Å²) in [5.41, 5.74) is 5.79. The van der Waals surface area contributed by atoms with Crippen LogP contribution in [0.25, 0.3) is 0 Å². The van der Waals surface area contributed by atoms with Crippen molar-refractivity contribution in [3.8, 4) is 0 Å². The molecule has 2 unspecified atom stereocenters. The van der Waals surface area contributed by atoms with Gasteiger partial charge in [-0.3, -0.25) is 4.39 Å². The van der Waals surface area contributed by atoms with E-state index in [1.54, 1.807) is 0 Å². The second-order valence-electron chi connectivity index (χ2n) is 3.63. The zero-order chi connectivity index (χ0) is 11.3. The Morgan fingerprint density at radius 1 is 1.67 bits per heavy atom. The molecular weight excluding hydrogens is 203 g/mol. The first-order chi connectivity index (χ1) is 7.15. The van der Waals surface area contributed by atoms with Crippen LogP contribution in [0.2, 0.25) is 0 Å². The summed E-state index contributed by atoms with van der Waals surface area (Å²) in [5.74, 6) is 0. The van der Waals surface area contributed by atoms with E-state index >= 15 is 0 Å². The van der Waals surface area contributed by atoms with Crippen LogP contribution in [0.3, 0.4) is 0 Å². The minimum atomic E-state index is -0.957. The molecule has 0 saturated carbocycles. The van der Waals surface area contributed by atoms with E-state index in [4.69, 9.17) is 15.6 Å². The van der Waals surface area contributed by atoms with E-state index < -0.39 is 12.8 Å². The van der Waals surface area contributed by atoms with Gasteiger partial charge in [-0.25, -0.2) is 4.79 Å². The van der Waals surface area contributed by atoms with Crippen LogP contribution in [0.4, 0.5) is 9.18 Å². The molecule has 1 amide bonds. The molecule has 0 spiro atoms. The fourth-order valence-corrected chi connectivity index (χ4v) is 1.57. The third-order valence-electron chi connectivity index (χ3n) is 2.49. The molecule has 1 rings (SSSR count). The van der Waals surface area contributed by atoms with Gasteiger partial charge in [0, 0.05) is 19.2 Å². The average Bonchev–Trinajstić information content (AvgIpc) is 2.20. The van der Waals surface area contributed by atoms with E-state index in [1.807, 2.05) is 0 Å². The van der Waals surface area contributed by atoms with Gasteiger partial charge in [0.1, 0.15) is 0 Å². The minimum absolute atomic E-state index is 0.153. The van der Waals surface area contributed by atoms with Crippen LogP contribution >= 0.6 is 0 Å². The lowest BCUT2D eigenvalue weighted by molar-refractivity contribution is -0.0110. The van der Waals surface area contributed by atoms with Crippen LogP contribution in [0.5, 0.6) is 0 Å². The van der Waals surface area contributed by atoms with Crippen molar-refractivity contribution in [3.63, 3.8) is 0 Å². The molecule has 0 aromatic carbocycles. The maximum Gasteiger partial charge on any atom is 0.407 e. The summed E-state index contributed by atoms with van der Waals surface area (Å²) in [6.07, 6.45) is -0.342. The summed E-state index contributed by atoms with van der Waals surface area (Å²) in [6, 6.07) is -0.153. The molecule has 2 atom stereocenters. The van der Waals surface area contributed by atoms with Crippen molar-refractivity contribution in [2.75, 3.05) is 26.4 Å². The van der Waals surface area contributed by atoms with Gasteiger partial charge in [-0.2, -0.15) is 0 Å². The van der Waals surface area contributed by atoms with E-state index in [-0.39, 0.29) is 18.7 Å². The molecule has 6 heteroatoms. The number of hydrogen-bond donors (Lipinski definition) is 2. The van der Waals surface area contributed by atoms with Gasteiger partial charge >= 0.3 is 6.09 Å². The number of halogens is 1. The number of ether oxygens (including phenoxy) is 1. The molecule has 0 bridgehead atoms. The number of carboxylic acid groups (broad SMARTS) is 1. The van der Waals surface area contributed by atoms with Gasteiger partial charge in [0.15, 0.2) is 0 Å². The van der Waals surface area contributed by atoms with Crippen molar-refractivity contribution in [1.29, 1.82) is 0 Å². The van der Waals surface area contributed by atoms with E-state index in [9.17, 15) is 9.18 Å². The molecule has 1 aliphatic heterocycles. The van der Waals surface area contributed by atoms with Crippen LogP contribution in [0, 0.1) is 0 Å². The molecule has 0 radical (unpaired) electrons. The topological polar surface area (TPSA) is 75.8 Å². The Labute approximate surface area is 88.0 Å². The molecule has 5 nitrogen and oxygen atoms in total. The van der Waals surface area contributed by atoms with Gasteiger partial charge in [0.05, 0.1) is 19.3 Å². The lowest BCUT2D eigenvalue weighted by Crippen LogP contribution is -2.53. The van der Waals surface area contributed by atoms with Gasteiger partial charge in [-0.15, -0.1) is 0 Å². The number of rotatable bonds is 4. The second kappa shape index (κ2) is 5.87. The standard InChI is InChI=1S/C9H17FN2O3/c10-3-1-5-15-8-6-12(9(13)14)4-2-7(8)11/h7-8H,1-6,11H2,(H,13,14). The molecular formula is C9H17FN2O3. The summed E-state index contributed by atoms with van der Waals surface area (Å²) in [6.45, 7) is 0.592. The molecule has 15 heavy (non-hydrogen) atoms. The third kappa shape index (κ3) is 3.64. The summed E-state index contributed by atoms with van der Waals surface area (Å²) in [5, 5.41) is 8.78. The number of piperidine rings is 1. The number of hydrogen-bond acceptors (Lipinski definition) is 3. The molecule has 1 heterocycles. The summed E-state index contributed by atoms with van der Waals surface area (Å²) >= 11 is 0. The highest BCUT2D eigenvalue weighted by molar-refractivity contribution is 5.65. The highest BCUT2D eigenvalue weighted by Crippen LogP contribution is 2.12. The Balaban J connectivity index is 2.36. The Morgan fingerprint density at radius 2 is 2.40 bits per heavy atom. The molecule has 0 aliphatic carbocycles. The summed E-state index contributed by atoms with van der Waals surface area (Å²) in [4.78, 5) is 12.0. The first-order valence-electron chi connectivity index (χ1n) is 5.06. The van der Waals surface area contributed by atoms with Crippen molar-refractivity contribution >= 4 is 6.09 Å². The van der Waals surface area contributed by atoms with Crippen molar-refractivity contribution in [2.24, 2.45) is 5.73 Å². The summed E-state index contributed by atoms with van der Waals surface area (Å²) in [7, 11) is 0. The first kappa shape index (κ1) is 12.2. The van der Waals surface area contributed by atoms with Gasteiger partial charge in [-0.05, 0) is 12.8 Å². The van der Waals surface area contributed by atoms with Crippen LogP contribution in [-0.2, 0) is 4.74 Å². The SMILES string of the molecule is NC1CCN(C(=O)O)CC1OCCCF. The maximum atomic E-state index is 11.8. The van der Waals surface area contributed by atoms with Gasteiger partial charge in [-0.1, -0.05) is 0 Å². The quantitative estimate of drug-likeness (QED) is 0.674. The van der Waals surface area contributed by atoms with Gasteiger partial charge in [0.25, 0.3) is 0 Å². The third-order valence-corrected chi connectivity index (χ3v) is 2.49. The summed E-state index contributed by atoms with van der Waals surface area (Å²) < 4.78 is 17.2. The predicted molar refractivity (Wildman–Crippen MR) is 52.5 cm³/mol. The Hall–Kier alpha value is -0.880. The zero-order valence-electron chi connectivity index (χ0n) is 8.56. The normalized spacial score (nSPS) is 26.7. The molecule has 1 aliphatic rings. The monoisotopic (exact) mass is 220 g/mol. The molecule has 1 fully saturated rings. The van der Waals surface area contributed by atoms with Crippen molar-refractivity contribution in [3.05, 3.63) is 0 Å². The molecule has 3 N–H and O–H groups in total. The van der Waals surface area contributed by atoms with Gasteiger partial charge in [0.2, 0.25) is 0 Å². The molecule has 88 valence electrons. The van der Waals surface area contributed by atoms with E-state index in [1.165, 1.54) is 4.90 Å². The van der Waals surface area contributed by atoms with Crippen LogP contribution in [0.15, 0.2) is 0 Å². The number of nitrogens with two attached hydrogens (primary N) is 1. The Bertz CT molecular complexity index is 216. The average molecular weight is 220 g/mol. The van der Waals surface area contributed by atoms with Crippen LogP contribution in [0.1, 0.15) is 12.8 Å². The van der Waals surface area contributed by atoms with E-state index in [0.717, 1.165) is 0 Å². The number of likely N-dealkylation sites (tertiary alicyclic amines) is 1. The lowest BCUT2D eigenvalue weighted by Gasteiger charge is -2.35. The van der Waals surface area contributed by atoms with Gasteiger partial charge < -0.3 is 20.5 Å². The van der Waals surface area contributed by atoms with Crippen LogP contribution in [-0.4, -0.2) is 54.6 Å². The second-order valence-corrected chi connectivity index (χ2v) is 3.63. The number of alkyl halides is 1. The predicted octanol–water partition coefficient (Wildman–Crippen LogP) is 0.442.